The number of carbonyl (C=O) groups is 9. The minimum Gasteiger partial charge on any atom is -0.481 e. The Balaban J connectivity index is 0.000000234. The minimum atomic E-state index is -0.985. The number of aliphatic carboxylic acids is 1. The fourth-order valence-corrected chi connectivity index (χ4v) is 10.1. The van der Waals surface area contributed by atoms with Crippen LogP contribution in [0.4, 0.5) is 4.79 Å². The van der Waals surface area contributed by atoms with Crippen molar-refractivity contribution >= 4 is 66.0 Å². The summed E-state index contributed by atoms with van der Waals surface area (Å²) < 4.78 is 10.6. The number of ether oxygens (including phenoxy) is 2. The number of rotatable bonds is 18. The molecule has 24 heteroatoms. The summed E-state index contributed by atoms with van der Waals surface area (Å²) in [5.41, 5.74) is 2.19. The molecule has 4 N–H and O–H groups in total. The van der Waals surface area contributed by atoms with E-state index in [2.05, 4.69) is 40.4 Å². The van der Waals surface area contributed by atoms with Gasteiger partial charge in [-0.05, 0) is 103 Å². The summed E-state index contributed by atoms with van der Waals surface area (Å²) in [7, 11) is 4.07. The Kier molecular flexibility index (Phi) is 30.4. The Labute approximate surface area is 474 Å². The molecule has 2 aromatic rings. The summed E-state index contributed by atoms with van der Waals surface area (Å²) in [5.74, 6) is -4.51. The topological polar surface area (TPSA) is 309 Å². The minimum absolute atomic E-state index is 0.00981. The molecule has 2 unspecified atom stereocenters. The zero-order chi connectivity index (χ0) is 58.9. The number of urea groups is 1. The molecule has 0 radical (unpaired) electrons. The maximum absolute atomic E-state index is 12.0. The number of aromatic nitrogens is 2. The number of pyridine rings is 2. The van der Waals surface area contributed by atoms with Gasteiger partial charge in [-0.1, -0.05) is 50.7 Å². The highest BCUT2D eigenvalue weighted by atomic mass is 16.7. The molecule has 2 aromatic heterocycles. The molecule has 4 atom stereocenters. The monoisotopic (exact) mass is 1130 g/mol. The number of carboxylic acid groups (broad SMARTS) is 1. The SMILES string of the molecule is CCN=CC=NC1CCCCC1.CCNC(=O)NC1CCCCC1.CN1CC[C@H](COC(=O)CCC(=O)O)C1c1cccnc1.CN1CC[C@H](COC(=O)CCC(=O)ON2C(=O)CCC2=O)C1c1cccnc1.O=C1CCC(=O)N1O. The quantitative estimate of drug-likeness (QED) is 0.0564. The number of carbonyl (C=O) groups excluding carboxylic acids is 8. The van der Waals surface area contributed by atoms with Crippen LogP contribution >= 0.6 is 0 Å². The van der Waals surface area contributed by atoms with E-state index in [4.69, 9.17) is 24.6 Å². The van der Waals surface area contributed by atoms with E-state index in [-0.39, 0.29) is 93.0 Å². The van der Waals surface area contributed by atoms with Gasteiger partial charge in [-0.25, -0.2) is 9.59 Å². The fourth-order valence-electron chi connectivity index (χ4n) is 10.1. The number of hydroxylamine groups is 4. The van der Waals surface area contributed by atoms with Gasteiger partial charge in [0.15, 0.2) is 0 Å². The number of aliphatic imine (C=N–C) groups is 2. The number of carboxylic acids is 1. The Bertz CT molecular complexity index is 2340. The van der Waals surface area contributed by atoms with Gasteiger partial charge in [0.1, 0.15) is 0 Å². The van der Waals surface area contributed by atoms with Gasteiger partial charge in [0.2, 0.25) is 0 Å². The molecule has 446 valence electrons. The van der Waals surface area contributed by atoms with E-state index in [1.807, 2.05) is 77.0 Å². The third kappa shape index (κ3) is 24.7. The van der Waals surface area contributed by atoms with Crippen LogP contribution in [0.15, 0.2) is 59.0 Å². The molecule has 81 heavy (non-hydrogen) atoms. The third-order valence-electron chi connectivity index (χ3n) is 14.3. The summed E-state index contributed by atoms with van der Waals surface area (Å²) in [4.78, 5) is 126. The van der Waals surface area contributed by atoms with Crippen LogP contribution in [0.5, 0.6) is 0 Å². The number of nitrogens with one attached hydrogen (secondary N) is 2. The second-order valence-corrected chi connectivity index (χ2v) is 20.5. The summed E-state index contributed by atoms with van der Waals surface area (Å²) in [6.45, 7) is 7.94. The van der Waals surface area contributed by atoms with E-state index in [9.17, 15) is 43.2 Å². The van der Waals surface area contributed by atoms with Crippen LogP contribution in [0.3, 0.4) is 0 Å². The van der Waals surface area contributed by atoms with Crippen molar-refractivity contribution in [2.45, 2.75) is 166 Å². The van der Waals surface area contributed by atoms with Crippen molar-refractivity contribution < 1.29 is 67.8 Å². The highest BCUT2D eigenvalue weighted by Crippen LogP contribution is 2.37. The van der Waals surface area contributed by atoms with Crippen LogP contribution in [0.25, 0.3) is 0 Å². The van der Waals surface area contributed by atoms with Crippen LogP contribution in [-0.4, -0.2) is 172 Å². The Hall–Kier alpha value is -7.05. The number of amides is 6. The van der Waals surface area contributed by atoms with Crippen LogP contribution in [0.1, 0.15) is 165 Å². The van der Waals surface area contributed by atoms with Gasteiger partial charge in [0.05, 0.1) is 38.9 Å². The Morgan fingerprint density at radius 2 is 1.14 bits per heavy atom. The molecule has 6 aliphatic rings. The lowest BCUT2D eigenvalue weighted by Gasteiger charge is -2.25. The molecule has 4 saturated heterocycles. The van der Waals surface area contributed by atoms with E-state index < -0.39 is 47.5 Å². The number of likely N-dealkylation sites (tertiary alicyclic amines) is 2. The molecule has 8 rings (SSSR count). The van der Waals surface area contributed by atoms with Crippen molar-refractivity contribution in [3.05, 3.63) is 60.2 Å². The van der Waals surface area contributed by atoms with E-state index in [0.29, 0.717) is 30.3 Å². The highest BCUT2D eigenvalue weighted by Gasteiger charge is 2.36. The molecule has 6 fully saturated rings. The molecule has 0 spiro atoms. The average Bonchev–Trinajstić information content (AvgIpc) is 4.24. The number of nitrogens with zero attached hydrogens (tertiary/aromatic N) is 8. The largest absolute Gasteiger partial charge is 0.481 e. The predicted molar refractivity (Wildman–Crippen MR) is 297 cm³/mol. The first-order chi connectivity index (χ1) is 39.0. The molecule has 0 aromatic carbocycles. The first kappa shape index (κ1) is 66.5. The lowest BCUT2D eigenvalue weighted by Crippen LogP contribution is -2.42. The van der Waals surface area contributed by atoms with E-state index >= 15 is 0 Å². The van der Waals surface area contributed by atoms with Gasteiger partial charge >= 0.3 is 29.9 Å². The van der Waals surface area contributed by atoms with Crippen LogP contribution in [0, 0.1) is 11.8 Å². The lowest BCUT2D eigenvalue weighted by atomic mass is 9.96. The smallest absolute Gasteiger partial charge is 0.333 e. The van der Waals surface area contributed by atoms with Crippen molar-refractivity contribution in [1.82, 2.24) is 40.5 Å². The highest BCUT2D eigenvalue weighted by molar-refractivity contribution is 6.16. The van der Waals surface area contributed by atoms with Gasteiger partial charge in [-0.2, -0.15) is 5.06 Å². The zero-order valence-electron chi connectivity index (χ0n) is 47.5. The Morgan fingerprint density at radius 3 is 1.58 bits per heavy atom. The molecule has 2 saturated carbocycles. The first-order valence-corrected chi connectivity index (χ1v) is 28.4. The van der Waals surface area contributed by atoms with Crippen LogP contribution in [0.2, 0.25) is 0 Å². The lowest BCUT2D eigenvalue weighted by molar-refractivity contribution is -0.197. The van der Waals surface area contributed by atoms with E-state index in [1.165, 1.54) is 51.4 Å². The number of hydrogen-bond donors (Lipinski definition) is 4. The maximum Gasteiger partial charge on any atom is 0.333 e. The molecule has 0 bridgehead atoms. The standard InChI is InChI=1S/C19H23N3O6.C15H20N2O4.C10H18N2.C9H18N2O.C4H5NO3/c1-21-10-8-14(19(21)13-3-2-9-20-11-13)12-27-17(25)6-7-18(26)28-22-15(23)4-5-16(22)24;1-17-8-6-12(10-21-14(20)5-4-13(18)19)15(17)11-3-2-7-16-9-11;1-2-11-8-9-12-10-6-4-3-5-7-10;1-2-10-9(12)11-8-6-4-3-5-7-8;6-3-1-2-4(7)5(3)8/h2-3,9,11,14,19H,4-8,10,12H2,1H3;2-3,7,9,12,15H,4-6,8,10H2,1H3,(H,18,19);8-10H,2-7H2,1H3;8H,2-7H2,1H3,(H2,10,11,12);8H,1-2H2/t14-,19?;12-,15?;;;/m11.../s1. The summed E-state index contributed by atoms with van der Waals surface area (Å²) in [5, 5.41) is 23.3. The number of esters is 2. The van der Waals surface area contributed by atoms with Crippen LogP contribution in [-0.2, 0) is 52.7 Å². The molecule has 2 aliphatic carbocycles. The van der Waals surface area contributed by atoms with Crippen molar-refractivity contribution in [3.63, 3.8) is 0 Å². The second kappa shape index (κ2) is 37.1. The second-order valence-electron chi connectivity index (χ2n) is 20.5. The van der Waals surface area contributed by atoms with Gasteiger partial charge in [-0.15, -0.1) is 5.06 Å². The average molecular weight is 1130 g/mol. The molecular formula is C57H84N10O14. The summed E-state index contributed by atoms with van der Waals surface area (Å²) in [6, 6.07) is 9.12. The van der Waals surface area contributed by atoms with E-state index in [0.717, 1.165) is 56.4 Å². The fraction of sp³-hybridized carbons (Fsp3) is 0.632. The van der Waals surface area contributed by atoms with Crippen molar-refractivity contribution in [1.29, 1.82) is 0 Å². The van der Waals surface area contributed by atoms with Crippen molar-refractivity contribution in [3.8, 4) is 0 Å². The van der Waals surface area contributed by atoms with E-state index in [1.54, 1.807) is 12.4 Å². The molecular weight excluding hydrogens is 1050 g/mol. The van der Waals surface area contributed by atoms with Gasteiger partial charge in [0.25, 0.3) is 23.6 Å². The van der Waals surface area contributed by atoms with Crippen LogP contribution < -0.4 is 10.6 Å². The normalized spacial score (nSPS) is 21.4. The van der Waals surface area contributed by atoms with Gasteiger partial charge < -0.3 is 30.1 Å². The molecule has 4 aliphatic heterocycles. The first-order valence-electron chi connectivity index (χ1n) is 28.4. The molecule has 6 heterocycles. The number of imide groups is 2. The zero-order valence-corrected chi connectivity index (χ0v) is 47.5. The summed E-state index contributed by atoms with van der Waals surface area (Å²) in [6.07, 6.45) is 25.1. The van der Waals surface area contributed by atoms with Crippen molar-refractivity contribution in [2.75, 3.05) is 53.5 Å². The summed E-state index contributed by atoms with van der Waals surface area (Å²) >= 11 is 0. The van der Waals surface area contributed by atoms with Crippen molar-refractivity contribution in [2.24, 2.45) is 21.8 Å². The molecule has 6 amide bonds. The molecule has 24 nitrogen and oxygen atoms in total. The predicted octanol–water partition coefficient (Wildman–Crippen LogP) is 6.13. The van der Waals surface area contributed by atoms with Gasteiger partial charge in [-0.3, -0.25) is 68.5 Å². The number of hydrogen-bond acceptors (Lipinski definition) is 19. The van der Waals surface area contributed by atoms with Gasteiger partial charge in [0, 0.05) is 112 Å². The Morgan fingerprint density at radius 1 is 0.654 bits per heavy atom. The maximum atomic E-state index is 12.0. The third-order valence-corrected chi connectivity index (χ3v) is 14.3.